The standard InChI is InChI=1S/C10H15N5O2/c11-6-8-3-9(7-14-15-12)5-10(4-8)16-1-2-17-13/h3-5H,1-2,6-7,11,13H2. The highest BCUT2D eigenvalue weighted by Gasteiger charge is 2.01. The van der Waals surface area contributed by atoms with Crippen molar-refractivity contribution in [3.05, 3.63) is 39.8 Å². The van der Waals surface area contributed by atoms with Crippen molar-refractivity contribution in [1.29, 1.82) is 0 Å². The second-order valence-electron chi connectivity index (χ2n) is 3.30. The van der Waals surface area contributed by atoms with E-state index in [0.29, 0.717) is 25.5 Å². The number of nitrogens with zero attached hydrogens (tertiary/aromatic N) is 3. The van der Waals surface area contributed by atoms with Crippen molar-refractivity contribution in [3.63, 3.8) is 0 Å². The van der Waals surface area contributed by atoms with E-state index in [2.05, 4.69) is 14.9 Å². The third-order valence-electron chi connectivity index (χ3n) is 2.05. The van der Waals surface area contributed by atoms with Crippen molar-refractivity contribution in [3.8, 4) is 5.75 Å². The Morgan fingerprint density at radius 3 is 2.65 bits per heavy atom. The predicted molar refractivity (Wildman–Crippen MR) is 62.8 cm³/mol. The van der Waals surface area contributed by atoms with E-state index in [0.717, 1.165) is 11.1 Å². The topological polar surface area (TPSA) is 119 Å². The first-order chi connectivity index (χ1) is 8.30. The summed E-state index contributed by atoms with van der Waals surface area (Å²) in [5, 5.41) is 3.49. The van der Waals surface area contributed by atoms with Gasteiger partial charge >= 0.3 is 0 Å². The maximum Gasteiger partial charge on any atom is 0.120 e. The van der Waals surface area contributed by atoms with E-state index < -0.39 is 0 Å². The summed E-state index contributed by atoms with van der Waals surface area (Å²) in [5.74, 6) is 5.55. The molecule has 17 heavy (non-hydrogen) atoms. The molecule has 1 rings (SSSR count). The molecule has 0 aliphatic carbocycles. The van der Waals surface area contributed by atoms with Crippen molar-refractivity contribution >= 4 is 0 Å². The fraction of sp³-hybridized carbons (Fsp3) is 0.400. The third kappa shape index (κ3) is 4.71. The lowest BCUT2D eigenvalue weighted by molar-refractivity contribution is 0.102. The van der Waals surface area contributed by atoms with Gasteiger partial charge in [0.25, 0.3) is 0 Å². The van der Waals surface area contributed by atoms with Gasteiger partial charge in [0, 0.05) is 11.5 Å². The van der Waals surface area contributed by atoms with Crippen LogP contribution in [0.4, 0.5) is 0 Å². The van der Waals surface area contributed by atoms with Crippen LogP contribution in [0.2, 0.25) is 0 Å². The Labute approximate surface area is 98.9 Å². The molecule has 1 aromatic carbocycles. The molecule has 0 amide bonds. The molecule has 0 bridgehead atoms. The van der Waals surface area contributed by atoms with Crippen LogP contribution in [0.25, 0.3) is 10.4 Å². The lowest BCUT2D eigenvalue weighted by Gasteiger charge is -2.09. The molecule has 0 spiro atoms. The molecule has 0 aromatic heterocycles. The fourth-order valence-electron chi connectivity index (χ4n) is 1.34. The largest absolute Gasteiger partial charge is 0.491 e. The predicted octanol–water partition coefficient (Wildman–Crippen LogP) is 1.22. The quantitative estimate of drug-likeness (QED) is 0.243. The van der Waals surface area contributed by atoms with Gasteiger partial charge in [-0.2, -0.15) is 0 Å². The first-order valence-corrected chi connectivity index (χ1v) is 5.08. The van der Waals surface area contributed by atoms with Crippen LogP contribution in [0.5, 0.6) is 5.75 Å². The summed E-state index contributed by atoms with van der Waals surface area (Å²) < 4.78 is 5.41. The molecule has 0 saturated carbocycles. The van der Waals surface area contributed by atoms with Crippen LogP contribution in [-0.2, 0) is 17.9 Å². The Morgan fingerprint density at radius 2 is 2.00 bits per heavy atom. The normalized spacial score (nSPS) is 9.76. The van der Waals surface area contributed by atoms with Crippen LogP contribution in [-0.4, -0.2) is 13.2 Å². The molecule has 92 valence electrons. The molecule has 4 N–H and O–H groups in total. The number of benzene rings is 1. The van der Waals surface area contributed by atoms with Gasteiger partial charge in [-0.15, -0.1) is 0 Å². The monoisotopic (exact) mass is 237 g/mol. The Balaban J connectivity index is 2.77. The number of ether oxygens (including phenoxy) is 1. The van der Waals surface area contributed by atoms with Gasteiger partial charge in [0.2, 0.25) is 0 Å². The number of azide groups is 1. The zero-order chi connectivity index (χ0) is 12.5. The van der Waals surface area contributed by atoms with Gasteiger partial charge in [-0.1, -0.05) is 11.2 Å². The number of nitrogens with two attached hydrogens (primary N) is 2. The van der Waals surface area contributed by atoms with Gasteiger partial charge in [-0.3, -0.25) is 0 Å². The Bertz CT molecular complexity index is 404. The summed E-state index contributed by atoms with van der Waals surface area (Å²) in [6.45, 7) is 1.33. The molecule has 0 atom stereocenters. The van der Waals surface area contributed by atoms with Crippen molar-refractivity contribution < 1.29 is 9.57 Å². The van der Waals surface area contributed by atoms with Gasteiger partial charge in [0.05, 0.1) is 6.54 Å². The van der Waals surface area contributed by atoms with Crippen LogP contribution >= 0.6 is 0 Å². The van der Waals surface area contributed by atoms with Crippen LogP contribution in [0, 0.1) is 0 Å². The Kier molecular flexibility index (Phi) is 5.84. The zero-order valence-electron chi connectivity index (χ0n) is 9.37. The zero-order valence-corrected chi connectivity index (χ0v) is 9.37. The summed E-state index contributed by atoms with van der Waals surface area (Å²) in [7, 11) is 0. The number of rotatable bonds is 7. The average molecular weight is 237 g/mol. The Hall–Kier alpha value is -1.79. The molecule has 7 heteroatoms. The smallest absolute Gasteiger partial charge is 0.120 e. The number of hydrogen-bond donors (Lipinski definition) is 2. The molecule has 0 aliphatic rings. The molecular weight excluding hydrogens is 222 g/mol. The molecule has 0 aliphatic heterocycles. The lowest BCUT2D eigenvalue weighted by atomic mass is 10.1. The van der Waals surface area contributed by atoms with E-state index in [-0.39, 0.29) is 6.54 Å². The minimum atomic E-state index is 0.272. The molecule has 0 fully saturated rings. The molecule has 0 radical (unpaired) electrons. The van der Waals surface area contributed by atoms with E-state index in [4.69, 9.17) is 21.9 Å². The van der Waals surface area contributed by atoms with Crippen LogP contribution in [0.1, 0.15) is 11.1 Å². The van der Waals surface area contributed by atoms with Crippen LogP contribution in [0.3, 0.4) is 0 Å². The van der Waals surface area contributed by atoms with Gasteiger partial charge < -0.3 is 15.3 Å². The van der Waals surface area contributed by atoms with E-state index in [1.165, 1.54) is 0 Å². The fourth-order valence-corrected chi connectivity index (χ4v) is 1.34. The van der Waals surface area contributed by atoms with Crippen molar-refractivity contribution in [2.75, 3.05) is 13.2 Å². The number of hydrogen-bond acceptors (Lipinski definition) is 5. The molecular formula is C10H15N5O2. The maximum atomic E-state index is 8.27. The van der Waals surface area contributed by atoms with E-state index in [9.17, 15) is 0 Å². The first kappa shape index (κ1) is 13.3. The van der Waals surface area contributed by atoms with Crippen molar-refractivity contribution in [2.45, 2.75) is 13.1 Å². The van der Waals surface area contributed by atoms with Gasteiger partial charge in [-0.05, 0) is 28.8 Å². The first-order valence-electron chi connectivity index (χ1n) is 5.08. The third-order valence-corrected chi connectivity index (χ3v) is 2.05. The second kappa shape index (κ2) is 7.48. The molecule has 0 saturated heterocycles. The lowest BCUT2D eigenvalue weighted by Crippen LogP contribution is -2.10. The molecule has 0 unspecified atom stereocenters. The SMILES string of the molecule is [N-]=[N+]=NCc1cc(CN)cc(OCCON)c1. The van der Waals surface area contributed by atoms with E-state index >= 15 is 0 Å². The van der Waals surface area contributed by atoms with Crippen LogP contribution < -0.4 is 16.4 Å². The van der Waals surface area contributed by atoms with Crippen LogP contribution in [0.15, 0.2) is 23.3 Å². The van der Waals surface area contributed by atoms with E-state index in [1.807, 2.05) is 12.1 Å². The van der Waals surface area contributed by atoms with E-state index in [1.54, 1.807) is 6.07 Å². The minimum absolute atomic E-state index is 0.272. The summed E-state index contributed by atoms with van der Waals surface area (Å²) in [4.78, 5) is 7.11. The second-order valence-corrected chi connectivity index (χ2v) is 3.30. The summed E-state index contributed by atoms with van der Waals surface area (Å²) in [5.41, 5.74) is 15.6. The summed E-state index contributed by atoms with van der Waals surface area (Å²) in [6, 6.07) is 5.50. The highest BCUT2D eigenvalue weighted by atomic mass is 16.6. The van der Waals surface area contributed by atoms with Gasteiger partial charge in [-0.25, -0.2) is 5.90 Å². The molecule has 1 aromatic rings. The highest BCUT2D eigenvalue weighted by molar-refractivity contribution is 5.34. The minimum Gasteiger partial charge on any atom is -0.491 e. The average Bonchev–Trinajstić information content (AvgIpc) is 2.36. The maximum absolute atomic E-state index is 8.27. The summed E-state index contributed by atoms with van der Waals surface area (Å²) in [6.07, 6.45) is 0. The molecule has 0 heterocycles. The van der Waals surface area contributed by atoms with Crippen molar-refractivity contribution in [1.82, 2.24) is 0 Å². The highest BCUT2D eigenvalue weighted by Crippen LogP contribution is 2.18. The van der Waals surface area contributed by atoms with Crippen molar-refractivity contribution in [2.24, 2.45) is 16.7 Å². The van der Waals surface area contributed by atoms with Gasteiger partial charge in [0.1, 0.15) is 19.0 Å². The van der Waals surface area contributed by atoms with Gasteiger partial charge in [0.15, 0.2) is 0 Å². The molecule has 7 nitrogen and oxygen atoms in total. The Morgan fingerprint density at radius 1 is 1.24 bits per heavy atom. The summed E-state index contributed by atoms with van der Waals surface area (Å²) >= 11 is 0.